The van der Waals surface area contributed by atoms with Crippen LogP contribution in [0.25, 0.3) is 0 Å². The van der Waals surface area contributed by atoms with Crippen molar-refractivity contribution in [2.45, 2.75) is 47.5 Å². The van der Waals surface area contributed by atoms with Crippen molar-refractivity contribution in [2.75, 3.05) is 37.7 Å². The van der Waals surface area contributed by atoms with Crippen LogP contribution in [0, 0.1) is 20.8 Å². The van der Waals surface area contributed by atoms with Crippen molar-refractivity contribution < 1.29 is 14.3 Å². The van der Waals surface area contributed by atoms with Gasteiger partial charge in [-0.25, -0.2) is 14.8 Å². The third-order valence-electron chi connectivity index (χ3n) is 5.40. The molecule has 0 spiro atoms. The highest BCUT2D eigenvalue weighted by Crippen LogP contribution is 2.23. The van der Waals surface area contributed by atoms with E-state index in [0.29, 0.717) is 55.3 Å². The van der Waals surface area contributed by atoms with Crippen LogP contribution in [-0.2, 0) is 4.74 Å². The molecule has 0 aliphatic carbocycles. The third-order valence-corrected chi connectivity index (χ3v) is 5.40. The predicted molar refractivity (Wildman–Crippen MR) is 115 cm³/mol. The summed E-state index contributed by atoms with van der Waals surface area (Å²) < 4.78 is 5.12. The van der Waals surface area contributed by atoms with E-state index >= 15 is 0 Å². The van der Waals surface area contributed by atoms with Gasteiger partial charge < -0.3 is 19.5 Å². The first-order chi connectivity index (χ1) is 14.2. The van der Waals surface area contributed by atoms with Gasteiger partial charge in [-0.05, 0) is 33.3 Å². The molecule has 0 bridgehead atoms. The highest BCUT2D eigenvalue weighted by atomic mass is 16.5. The van der Waals surface area contributed by atoms with E-state index in [9.17, 15) is 9.59 Å². The number of nitrogens with zero attached hydrogens (tertiary/aromatic N) is 4. The highest BCUT2D eigenvalue weighted by molar-refractivity contribution is 6.00. The minimum atomic E-state index is -0.396. The summed E-state index contributed by atoms with van der Waals surface area (Å²) in [5, 5.41) is 0. The van der Waals surface area contributed by atoms with E-state index in [4.69, 9.17) is 9.72 Å². The minimum Gasteiger partial charge on any atom is -0.462 e. The van der Waals surface area contributed by atoms with Crippen molar-refractivity contribution in [3.05, 3.63) is 40.1 Å². The lowest BCUT2D eigenvalue weighted by Gasteiger charge is -2.35. The Labute approximate surface area is 177 Å². The maximum absolute atomic E-state index is 13.1. The van der Waals surface area contributed by atoms with Crippen molar-refractivity contribution >= 4 is 17.7 Å². The molecule has 3 heterocycles. The molecular weight excluding hydrogens is 382 g/mol. The van der Waals surface area contributed by atoms with E-state index in [1.54, 1.807) is 20.8 Å². The van der Waals surface area contributed by atoms with Gasteiger partial charge in [0, 0.05) is 49.6 Å². The van der Waals surface area contributed by atoms with E-state index in [1.807, 2.05) is 17.9 Å². The zero-order valence-corrected chi connectivity index (χ0v) is 18.7. The number of carbonyl (C=O) groups is 2. The van der Waals surface area contributed by atoms with Gasteiger partial charge in [-0.2, -0.15) is 0 Å². The van der Waals surface area contributed by atoms with E-state index in [2.05, 4.69) is 28.7 Å². The van der Waals surface area contributed by atoms with Gasteiger partial charge >= 0.3 is 5.97 Å². The second-order valence-corrected chi connectivity index (χ2v) is 8.01. The number of piperazine rings is 1. The molecule has 0 unspecified atom stereocenters. The Morgan fingerprint density at radius 2 is 1.80 bits per heavy atom. The summed E-state index contributed by atoms with van der Waals surface area (Å²) >= 11 is 0. The number of rotatable bonds is 5. The Hall–Kier alpha value is -2.90. The second-order valence-electron chi connectivity index (χ2n) is 8.01. The average Bonchev–Trinajstić information content (AvgIpc) is 3.01. The minimum absolute atomic E-state index is 0.0902. The molecule has 1 amide bonds. The molecule has 1 saturated heterocycles. The number of aromatic nitrogens is 3. The molecule has 2 aromatic rings. The smallest absolute Gasteiger partial charge is 0.340 e. The summed E-state index contributed by atoms with van der Waals surface area (Å²) in [5.41, 5.74) is 3.17. The van der Waals surface area contributed by atoms with Crippen LogP contribution in [0.2, 0.25) is 0 Å². The fourth-order valence-electron chi connectivity index (χ4n) is 3.76. The lowest BCUT2D eigenvalue weighted by molar-refractivity contribution is 0.0525. The fraction of sp³-hybridized carbons (Fsp3) is 0.545. The molecule has 162 valence electrons. The maximum Gasteiger partial charge on any atom is 0.340 e. The fourth-order valence-corrected chi connectivity index (χ4v) is 3.76. The highest BCUT2D eigenvalue weighted by Gasteiger charge is 2.28. The number of nitrogens with one attached hydrogen (secondary N) is 1. The molecule has 1 N–H and O–H groups in total. The summed E-state index contributed by atoms with van der Waals surface area (Å²) in [4.78, 5) is 41.6. The normalized spacial score (nSPS) is 14.4. The van der Waals surface area contributed by atoms with Gasteiger partial charge in [0.05, 0.1) is 12.2 Å². The maximum atomic E-state index is 13.1. The van der Waals surface area contributed by atoms with Gasteiger partial charge in [0.25, 0.3) is 5.91 Å². The molecule has 1 fully saturated rings. The molecule has 1 aliphatic rings. The summed E-state index contributed by atoms with van der Waals surface area (Å²) in [5.74, 6) is 1.53. The van der Waals surface area contributed by atoms with Crippen molar-refractivity contribution in [1.82, 2.24) is 19.9 Å². The topological polar surface area (TPSA) is 91.4 Å². The summed E-state index contributed by atoms with van der Waals surface area (Å²) in [7, 11) is 0. The molecule has 3 rings (SSSR count). The van der Waals surface area contributed by atoms with Gasteiger partial charge in [0.2, 0.25) is 0 Å². The van der Waals surface area contributed by atoms with Crippen molar-refractivity contribution in [1.29, 1.82) is 0 Å². The van der Waals surface area contributed by atoms with Crippen LogP contribution in [0.3, 0.4) is 0 Å². The Morgan fingerprint density at radius 3 is 2.40 bits per heavy atom. The zero-order valence-electron chi connectivity index (χ0n) is 18.7. The van der Waals surface area contributed by atoms with Gasteiger partial charge in [-0.1, -0.05) is 13.8 Å². The average molecular weight is 414 g/mol. The SMILES string of the molecule is CCOC(=O)c1c(C)[nH]c(C(=O)N2CCN(c3cc(C)nc(C(C)C)n3)CC2)c1C. The van der Waals surface area contributed by atoms with Crippen LogP contribution in [0.5, 0.6) is 0 Å². The summed E-state index contributed by atoms with van der Waals surface area (Å²) in [6.07, 6.45) is 0. The molecule has 0 aromatic carbocycles. The van der Waals surface area contributed by atoms with Crippen molar-refractivity contribution in [3.8, 4) is 0 Å². The number of aromatic amines is 1. The molecule has 8 heteroatoms. The van der Waals surface area contributed by atoms with Gasteiger partial charge in [-0.15, -0.1) is 0 Å². The monoisotopic (exact) mass is 413 g/mol. The van der Waals surface area contributed by atoms with Crippen LogP contribution in [0.4, 0.5) is 5.82 Å². The first kappa shape index (κ1) is 21.8. The number of hydrogen-bond donors (Lipinski definition) is 1. The van der Waals surface area contributed by atoms with Crippen LogP contribution in [-0.4, -0.2) is 64.5 Å². The quantitative estimate of drug-likeness (QED) is 0.758. The number of hydrogen-bond acceptors (Lipinski definition) is 6. The summed E-state index contributed by atoms with van der Waals surface area (Å²) in [6, 6.07) is 1.99. The molecule has 8 nitrogen and oxygen atoms in total. The van der Waals surface area contributed by atoms with E-state index in [-0.39, 0.29) is 11.8 Å². The van der Waals surface area contributed by atoms with Crippen molar-refractivity contribution in [2.24, 2.45) is 0 Å². The number of esters is 1. The number of amides is 1. The molecular formula is C22H31N5O3. The van der Waals surface area contributed by atoms with Gasteiger partial charge in [0.1, 0.15) is 17.3 Å². The molecule has 1 aliphatic heterocycles. The Kier molecular flexibility index (Phi) is 6.43. The van der Waals surface area contributed by atoms with Crippen LogP contribution in [0.1, 0.15) is 70.3 Å². The molecule has 0 radical (unpaired) electrons. The largest absolute Gasteiger partial charge is 0.462 e. The van der Waals surface area contributed by atoms with Crippen LogP contribution >= 0.6 is 0 Å². The molecule has 2 aromatic heterocycles. The van der Waals surface area contributed by atoms with E-state index in [1.165, 1.54) is 0 Å². The first-order valence-corrected chi connectivity index (χ1v) is 10.5. The molecule has 0 saturated carbocycles. The van der Waals surface area contributed by atoms with E-state index < -0.39 is 5.97 Å². The standard InChI is InChI=1S/C22H31N5O3/c1-7-30-22(29)18-15(5)19(24-16(18)6)21(28)27-10-8-26(9-11-27)17-12-14(4)23-20(25-17)13(2)3/h12-13,24H,7-11H2,1-6H3. The van der Waals surface area contributed by atoms with Crippen LogP contribution < -0.4 is 4.90 Å². The number of carbonyl (C=O) groups excluding carboxylic acids is 2. The number of anilines is 1. The summed E-state index contributed by atoms with van der Waals surface area (Å²) in [6.45, 7) is 14.4. The van der Waals surface area contributed by atoms with Gasteiger partial charge in [0.15, 0.2) is 0 Å². The Balaban J connectivity index is 1.72. The zero-order chi connectivity index (χ0) is 22.0. The second kappa shape index (κ2) is 8.85. The predicted octanol–water partition coefficient (Wildman–Crippen LogP) is 2.99. The number of H-pyrrole nitrogens is 1. The Morgan fingerprint density at radius 1 is 1.13 bits per heavy atom. The number of ether oxygens (including phenoxy) is 1. The van der Waals surface area contributed by atoms with Crippen molar-refractivity contribution in [3.63, 3.8) is 0 Å². The first-order valence-electron chi connectivity index (χ1n) is 10.5. The van der Waals surface area contributed by atoms with E-state index in [0.717, 1.165) is 17.3 Å². The lowest BCUT2D eigenvalue weighted by Crippen LogP contribution is -2.49. The lowest BCUT2D eigenvalue weighted by atomic mass is 10.1. The van der Waals surface area contributed by atoms with Gasteiger partial charge in [-0.3, -0.25) is 4.79 Å². The Bertz CT molecular complexity index is 942. The molecule has 0 atom stereocenters. The number of aryl methyl sites for hydroxylation is 2. The van der Waals surface area contributed by atoms with Crippen LogP contribution in [0.15, 0.2) is 6.07 Å². The third kappa shape index (κ3) is 4.32. The molecule has 30 heavy (non-hydrogen) atoms.